The fraction of sp³-hybridized carbons (Fsp3) is 0.600. The van der Waals surface area contributed by atoms with Gasteiger partial charge in [0.05, 0.1) is 0 Å². The van der Waals surface area contributed by atoms with Crippen LogP contribution in [0.25, 0.3) is 0 Å². The summed E-state index contributed by atoms with van der Waals surface area (Å²) in [6.07, 6.45) is 1.17. The van der Waals surface area contributed by atoms with Crippen molar-refractivity contribution in [3.63, 3.8) is 0 Å². The van der Waals surface area contributed by atoms with Gasteiger partial charge in [0.1, 0.15) is 12.4 Å². The Morgan fingerprint density at radius 2 is 2.00 bits per heavy atom. The molecule has 1 aromatic rings. The average Bonchev–Trinajstić information content (AvgIpc) is 2.28. The van der Waals surface area contributed by atoms with Crippen molar-refractivity contribution in [2.24, 2.45) is 0 Å². The number of benzene rings is 1. The van der Waals surface area contributed by atoms with Gasteiger partial charge >= 0.3 is 0 Å². The predicted octanol–water partition coefficient (Wildman–Crippen LogP) is 3.50. The smallest absolute Gasteiger partial charge is 0.119 e. The van der Waals surface area contributed by atoms with E-state index in [0.717, 1.165) is 25.4 Å². The monoisotopic (exact) mass is 235 g/mol. The van der Waals surface area contributed by atoms with E-state index in [1.54, 1.807) is 0 Å². The molecule has 1 aromatic carbocycles. The lowest BCUT2D eigenvalue weighted by Gasteiger charge is -2.12. The molecule has 0 aliphatic heterocycles. The van der Waals surface area contributed by atoms with Crippen molar-refractivity contribution in [3.8, 4) is 5.75 Å². The second kappa shape index (κ2) is 7.33. The van der Waals surface area contributed by atoms with Crippen LogP contribution in [0.5, 0.6) is 5.75 Å². The quantitative estimate of drug-likeness (QED) is 0.730. The molecule has 0 bridgehead atoms. The molecular formula is C15H25NO. The minimum atomic E-state index is 0.579. The summed E-state index contributed by atoms with van der Waals surface area (Å²) in [5.74, 6) is 1.56. The molecule has 0 spiro atoms. The third-order valence-corrected chi connectivity index (χ3v) is 2.84. The molecule has 0 heterocycles. The highest BCUT2D eigenvalue weighted by atomic mass is 16.5. The van der Waals surface area contributed by atoms with E-state index >= 15 is 0 Å². The SMILES string of the molecule is CCCNCCOc1ccc(C(C)C)c(C)c1. The van der Waals surface area contributed by atoms with Crippen molar-refractivity contribution < 1.29 is 4.74 Å². The highest BCUT2D eigenvalue weighted by molar-refractivity contribution is 5.36. The Hall–Kier alpha value is -1.02. The molecule has 0 aliphatic carbocycles. The fourth-order valence-electron chi connectivity index (χ4n) is 1.93. The highest BCUT2D eigenvalue weighted by Gasteiger charge is 2.04. The number of nitrogens with one attached hydrogen (secondary N) is 1. The van der Waals surface area contributed by atoms with E-state index in [1.165, 1.54) is 17.5 Å². The standard InChI is InChI=1S/C15H25NO/c1-5-8-16-9-10-17-14-6-7-15(12(2)3)13(4)11-14/h6-7,11-12,16H,5,8-10H2,1-4H3. The lowest BCUT2D eigenvalue weighted by atomic mass is 9.98. The van der Waals surface area contributed by atoms with Crippen LogP contribution < -0.4 is 10.1 Å². The zero-order valence-corrected chi connectivity index (χ0v) is 11.5. The molecule has 0 atom stereocenters. The van der Waals surface area contributed by atoms with E-state index in [2.05, 4.69) is 51.2 Å². The van der Waals surface area contributed by atoms with Gasteiger partial charge in [0.2, 0.25) is 0 Å². The average molecular weight is 235 g/mol. The van der Waals surface area contributed by atoms with E-state index < -0.39 is 0 Å². The van der Waals surface area contributed by atoms with Crippen LogP contribution in [-0.2, 0) is 0 Å². The van der Waals surface area contributed by atoms with Crippen LogP contribution in [0.1, 0.15) is 44.2 Å². The molecule has 0 aromatic heterocycles. The lowest BCUT2D eigenvalue weighted by molar-refractivity contribution is 0.314. The van der Waals surface area contributed by atoms with Crippen LogP contribution in [-0.4, -0.2) is 19.7 Å². The molecule has 17 heavy (non-hydrogen) atoms. The fourth-order valence-corrected chi connectivity index (χ4v) is 1.93. The first-order chi connectivity index (χ1) is 8.15. The van der Waals surface area contributed by atoms with E-state index in [9.17, 15) is 0 Å². The Morgan fingerprint density at radius 1 is 1.24 bits per heavy atom. The van der Waals surface area contributed by atoms with Gasteiger partial charge in [0.15, 0.2) is 0 Å². The highest BCUT2D eigenvalue weighted by Crippen LogP contribution is 2.23. The zero-order valence-electron chi connectivity index (χ0n) is 11.5. The maximum absolute atomic E-state index is 5.71. The molecule has 2 nitrogen and oxygen atoms in total. The Kier molecular flexibility index (Phi) is 6.06. The number of hydrogen-bond acceptors (Lipinski definition) is 2. The van der Waals surface area contributed by atoms with Crippen molar-refractivity contribution in [1.29, 1.82) is 0 Å². The van der Waals surface area contributed by atoms with Crippen LogP contribution in [0, 0.1) is 6.92 Å². The van der Waals surface area contributed by atoms with Gasteiger partial charge in [-0.1, -0.05) is 26.8 Å². The molecule has 1 N–H and O–H groups in total. The second-order valence-electron chi connectivity index (χ2n) is 4.77. The third-order valence-electron chi connectivity index (χ3n) is 2.84. The largest absolute Gasteiger partial charge is 0.492 e. The molecular weight excluding hydrogens is 210 g/mol. The second-order valence-corrected chi connectivity index (χ2v) is 4.77. The molecule has 96 valence electrons. The van der Waals surface area contributed by atoms with Gasteiger partial charge in [-0.3, -0.25) is 0 Å². The molecule has 0 unspecified atom stereocenters. The summed E-state index contributed by atoms with van der Waals surface area (Å²) in [7, 11) is 0. The molecule has 0 saturated heterocycles. The Morgan fingerprint density at radius 3 is 2.59 bits per heavy atom. The van der Waals surface area contributed by atoms with Crippen LogP contribution in [0.3, 0.4) is 0 Å². The first-order valence-electron chi connectivity index (χ1n) is 6.59. The van der Waals surface area contributed by atoms with Crippen molar-refractivity contribution in [2.75, 3.05) is 19.7 Å². The third kappa shape index (κ3) is 4.78. The Labute approximate surface area is 105 Å². The van der Waals surface area contributed by atoms with E-state index in [0.29, 0.717) is 5.92 Å². The normalized spacial score (nSPS) is 10.9. The summed E-state index contributed by atoms with van der Waals surface area (Å²) in [5, 5.41) is 3.32. The summed E-state index contributed by atoms with van der Waals surface area (Å²) >= 11 is 0. The van der Waals surface area contributed by atoms with Crippen LogP contribution in [0.4, 0.5) is 0 Å². The number of hydrogen-bond donors (Lipinski definition) is 1. The Balaban J connectivity index is 2.42. The maximum Gasteiger partial charge on any atom is 0.119 e. The van der Waals surface area contributed by atoms with Crippen molar-refractivity contribution in [1.82, 2.24) is 5.32 Å². The molecule has 1 rings (SSSR count). The summed E-state index contributed by atoms with van der Waals surface area (Å²) in [6, 6.07) is 6.38. The zero-order chi connectivity index (χ0) is 12.7. The number of ether oxygens (including phenoxy) is 1. The molecule has 0 saturated carbocycles. The minimum Gasteiger partial charge on any atom is -0.492 e. The predicted molar refractivity (Wildman–Crippen MR) is 73.9 cm³/mol. The maximum atomic E-state index is 5.71. The van der Waals surface area contributed by atoms with Crippen LogP contribution in [0.15, 0.2) is 18.2 Å². The topological polar surface area (TPSA) is 21.3 Å². The van der Waals surface area contributed by atoms with Gasteiger partial charge in [0, 0.05) is 6.54 Å². The first-order valence-corrected chi connectivity index (χ1v) is 6.59. The van der Waals surface area contributed by atoms with E-state index in [4.69, 9.17) is 4.74 Å². The van der Waals surface area contributed by atoms with Gasteiger partial charge in [-0.15, -0.1) is 0 Å². The summed E-state index contributed by atoms with van der Waals surface area (Å²) < 4.78 is 5.71. The van der Waals surface area contributed by atoms with Crippen molar-refractivity contribution >= 4 is 0 Å². The Bertz CT molecular complexity index is 334. The number of aryl methyl sites for hydroxylation is 1. The summed E-state index contributed by atoms with van der Waals surface area (Å²) in [6.45, 7) is 11.5. The van der Waals surface area contributed by atoms with Gasteiger partial charge < -0.3 is 10.1 Å². The summed E-state index contributed by atoms with van der Waals surface area (Å²) in [5.41, 5.74) is 2.72. The first kappa shape index (κ1) is 14.0. The number of rotatable bonds is 7. The lowest BCUT2D eigenvalue weighted by Crippen LogP contribution is -2.21. The van der Waals surface area contributed by atoms with Crippen LogP contribution >= 0.6 is 0 Å². The van der Waals surface area contributed by atoms with Crippen molar-refractivity contribution in [3.05, 3.63) is 29.3 Å². The molecule has 2 heteroatoms. The van der Waals surface area contributed by atoms with Gasteiger partial charge in [-0.05, 0) is 49.1 Å². The molecule has 0 amide bonds. The van der Waals surface area contributed by atoms with Gasteiger partial charge in [-0.25, -0.2) is 0 Å². The van der Waals surface area contributed by atoms with E-state index in [-0.39, 0.29) is 0 Å². The minimum absolute atomic E-state index is 0.579. The van der Waals surface area contributed by atoms with E-state index in [1.807, 2.05) is 0 Å². The molecule has 0 radical (unpaired) electrons. The molecule has 0 fully saturated rings. The summed E-state index contributed by atoms with van der Waals surface area (Å²) in [4.78, 5) is 0. The van der Waals surface area contributed by atoms with Crippen molar-refractivity contribution in [2.45, 2.75) is 40.0 Å². The van der Waals surface area contributed by atoms with Gasteiger partial charge in [-0.2, -0.15) is 0 Å². The van der Waals surface area contributed by atoms with Crippen LogP contribution in [0.2, 0.25) is 0 Å². The molecule has 0 aliphatic rings. The van der Waals surface area contributed by atoms with Gasteiger partial charge in [0.25, 0.3) is 0 Å².